The number of aliphatic hydroxyl groups is 1. The number of hydrogen-bond acceptors (Lipinski definition) is 4. The van der Waals surface area contributed by atoms with Crippen LogP contribution in [0.3, 0.4) is 0 Å². The molecule has 0 spiro atoms. The zero-order valence-corrected chi connectivity index (χ0v) is 19.5. The number of likely N-dealkylation sites (N-methyl/N-ethyl adjacent to an activating group) is 1. The van der Waals surface area contributed by atoms with Gasteiger partial charge in [0.15, 0.2) is 0 Å². The van der Waals surface area contributed by atoms with E-state index >= 15 is 0 Å². The van der Waals surface area contributed by atoms with Gasteiger partial charge in [-0.2, -0.15) is 0 Å². The number of benzene rings is 2. The van der Waals surface area contributed by atoms with E-state index in [1.807, 2.05) is 30.9 Å². The van der Waals surface area contributed by atoms with Crippen molar-refractivity contribution in [2.24, 2.45) is 5.41 Å². The molecule has 1 N–H and O–H groups in total. The molecule has 0 radical (unpaired) electrons. The van der Waals surface area contributed by atoms with Crippen LogP contribution in [-0.2, 0) is 13.1 Å². The molecule has 2 heterocycles. The lowest BCUT2D eigenvalue weighted by atomic mass is 9.94. The molecule has 0 aromatic heterocycles. The second kappa shape index (κ2) is 8.05. The van der Waals surface area contributed by atoms with Gasteiger partial charge in [0.05, 0.1) is 6.67 Å². The van der Waals surface area contributed by atoms with Crippen LogP contribution in [0, 0.1) is 5.41 Å². The van der Waals surface area contributed by atoms with Gasteiger partial charge in [0, 0.05) is 49.3 Å². The summed E-state index contributed by atoms with van der Waals surface area (Å²) < 4.78 is 0. The molecule has 0 unspecified atom stereocenters. The molecule has 0 aliphatic carbocycles. The van der Waals surface area contributed by atoms with E-state index in [0.29, 0.717) is 13.1 Å². The molecule has 0 atom stereocenters. The summed E-state index contributed by atoms with van der Waals surface area (Å²) >= 11 is 0. The summed E-state index contributed by atoms with van der Waals surface area (Å²) in [5, 5.41) is 9.56. The van der Waals surface area contributed by atoms with E-state index in [2.05, 4.69) is 61.0 Å². The maximum absolute atomic E-state index is 12.8. The molecule has 1 amide bonds. The Labute approximate surface area is 186 Å². The quantitative estimate of drug-likeness (QED) is 0.771. The first-order chi connectivity index (χ1) is 14.6. The third-order valence-electron chi connectivity index (χ3n) is 6.62. The van der Waals surface area contributed by atoms with E-state index in [0.717, 1.165) is 36.4 Å². The van der Waals surface area contributed by atoms with Gasteiger partial charge >= 0.3 is 0 Å². The highest BCUT2D eigenvalue weighted by Gasteiger charge is 2.35. The fourth-order valence-corrected chi connectivity index (χ4v) is 4.84. The monoisotopic (exact) mass is 421 g/mol. The molecule has 2 aliphatic heterocycles. The van der Waals surface area contributed by atoms with Gasteiger partial charge in [-0.25, -0.2) is 0 Å². The van der Waals surface area contributed by atoms with Gasteiger partial charge < -0.3 is 10.0 Å². The molecular weight excluding hydrogens is 386 g/mol. The SMILES string of the molecule is CN1CN(Cc2ccc(-c3ccc4c(c3)CN(CC(C)(C)CO)C4=O)cc2)C(C)(C)C1. The van der Waals surface area contributed by atoms with Gasteiger partial charge in [0.2, 0.25) is 0 Å². The van der Waals surface area contributed by atoms with Crippen LogP contribution >= 0.6 is 0 Å². The summed E-state index contributed by atoms with van der Waals surface area (Å²) in [6.45, 7) is 12.9. The average Bonchev–Trinajstić information content (AvgIpc) is 3.15. The summed E-state index contributed by atoms with van der Waals surface area (Å²) in [4.78, 5) is 19.5. The molecule has 5 nitrogen and oxygen atoms in total. The number of carbonyl (C=O) groups excluding carboxylic acids is 1. The third kappa shape index (κ3) is 4.54. The summed E-state index contributed by atoms with van der Waals surface area (Å²) in [6, 6.07) is 15.0. The normalized spacial score (nSPS) is 19.3. The molecule has 31 heavy (non-hydrogen) atoms. The fraction of sp³-hybridized carbons (Fsp3) is 0.500. The molecule has 0 saturated carbocycles. The van der Waals surface area contributed by atoms with Crippen molar-refractivity contribution < 1.29 is 9.90 Å². The molecule has 4 rings (SSSR count). The number of aliphatic hydroxyl groups excluding tert-OH is 1. The van der Waals surface area contributed by atoms with Crippen LogP contribution in [0.25, 0.3) is 11.1 Å². The third-order valence-corrected chi connectivity index (χ3v) is 6.62. The summed E-state index contributed by atoms with van der Waals surface area (Å²) in [5.74, 6) is 0.0663. The molecule has 2 aromatic rings. The van der Waals surface area contributed by atoms with Crippen molar-refractivity contribution in [3.05, 3.63) is 59.2 Å². The molecule has 5 heteroatoms. The largest absolute Gasteiger partial charge is 0.396 e. The molecule has 1 saturated heterocycles. The Morgan fingerprint density at radius 2 is 1.74 bits per heavy atom. The van der Waals surface area contributed by atoms with Crippen LogP contribution in [0.5, 0.6) is 0 Å². The second-order valence-electron chi connectivity index (χ2n) is 10.7. The Bertz CT molecular complexity index is 965. The lowest BCUT2D eigenvalue weighted by Crippen LogP contribution is -2.39. The number of hydrogen-bond donors (Lipinski definition) is 1. The number of amides is 1. The number of nitrogens with zero attached hydrogens (tertiary/aromatic N) is 3. The van der Waals surface area contributed by atoms with Gasteiger partial charge in [0.1, 0.15) is 0 Å². The van der Waals surface area contributed by atoms with E-state index in [-0.39, 0.29) is 23.5 Å². The summed E-state index contributed by atoms with van der Waals surface area (Å²) in [5.41, 5.74) is 5.39. The van der Waals surface area contributed by atoms with Crippen molar-refractivity contribution in [2.75, 3.05) is 33.4 Å². The van der Waals surface area contributed by atoms with Crippen LogP contribution in [0.4, 0.5) is 0 Å². The minimum atomic E-state index is -0.297. The van der Waals surface area contributed by atoms with Gasteiger partial charge in [-0.1, -0.05) is 44.2 Å². The first-order valence-electron chi connectivity index (χ1n) is 11.1. The van der Waals surface area contributed by atoms with Crippen LogP contribution in [0.1, 0.15) is 49.2 Å². The zero-order valence-electron chi connectivity index (χ0n) is 19.5. The summed E-state index contributed by atoms with van der Waals surface area (Å²) in [6.07, 6.45) is 0. The van der Waals surface area contributed by atoms with Crippen molar-refractivity contribution >= 4 is 5.91 Å². The van der Waals surface area contributed by atoms with Gasteiger partial charge in [0.25, 0.3) is 5.91 Å². The lowest BCUT2D eigenvalue weighted by Gasteiger charge is -2.30. The van der Waals surface area contributed by atoms with Crippen LogP contribution in [0.15, 0.2) is 42.5 Å². The highest BCUT2D eigenvalue weighted by atomic mass is 16.3. The van der Waals surface area contributed by atoms with Gasteiger partial charge in [-0.3, -0.25) is 14.6 Å². The molecule has 0 bridgehead atoms. The topological polar surface area (TPSA) is 47.0 Å². The minimum absolute atomic E-state index is 0.0651. The maximum Gasteiger partial charge on any atom is 0.254 e. The van der Waals surface area contributed by atoms with Gasteiger partial charge in [-0.05, 0) is 55.3 Å². The van der Waals surface area contributed by atoms with Crippen LogP contribution in [-0.4, -0.2) is 64.7 Å². The molecular formula is C26H35N3O2. The number of rotatable bonds is 6. The van der Waals surface area contributed by atoms with Crippen LogP contribution in [0.2, 0.25) is 0 Å². The number of fused-ring (bicyclic) bond motifs is 1. The van der Waals surface area contributed by atoms with Gasteiger partial charge in [-0.15, -0.1) is 0 Å². The van der Waals surface area contributed by atoms with E-state index in [9.17, 15) is 9.90 Å². The smallest absolute Gasteiger partial charge is 0.254 e. The first-order valence-corrected chi connectivity index (χ1v) is 11.1. The molecule has 2 aliphatic rings. The Kier molecular flexibility index (Phi) is 5.71. The van der Waals surface area contributed by atoms with E-state index in [1.54, 1.807) is 0 Å². The zero-order chi connectivity index (χ0) is 22.4. The van der Waals surface area contributed by atoms with Crippen molar-refractivity contribution in [2.45, 2.75) is 46.3 Å². The maximum atomic E-state index is 12.8. The Morgan fingerprint density at radius 3 is 2.35 bits per heavy atom. The first kappa shape index (κ1) is 22.0. The lowest BCUT2D eigenvalue weighted by molar-refractivity contribution is 0.0625. The second-order valence-corrected chi connectivity index (χ2v) is 10.7. The van der Waals surface area contributed by atoms with Crippen molar-refractivity contribution in [1.29, 1.82) is 0 Å². The molecule has 2 aromatic carbocycles. The van der Waals surface area contributed by atoms with Crippen molar-refractivity contribution in [3.63, 3.8) is 0 Å². The van der Waals surface area contributed by atoms with Crippen molar-refractivity contribution in [1.82, 2.24) is 14.7 Å². The average molecular weight is 422 g/mol. The molecule has 166 valence electrons. The predicted octanol–water partition coefficient (Wildman–Crippen LogP) is 3.81. The highest BCUT2D eigenvalue weighted by molar-refractivity contribution is 5.99. The fourth-order valence-electron chi connectivity index (χ4n) is 4.84. The Hall–Kier alpha value is -2.21. The Balaban J connectivity index is 1.48. The van der Waals surface area contributed by atoms with E-state index < -0.39 is 0 Å². The minimum Gasteiger partial charge on any atom is -0.396 e. The Morgan fingerprint density at radius 1 is 1.06 bits per heavy atom. The predicted molar refractivity (Wildman–Crippen MR) is 125 cm³/mol. The number of carbonyl (C=O) groups is 1. The van der Waals surface area contributed by atoms with Crippen molar-refractivity contribution in [3.8, 4) is 11.1 Å². The van der Waals surface area contributed by atoms with E-state index in [1.165, 1.54) is 11.1 Å². The highest BCUT2D eigenvalue weighted by Crippen LogP contribution is 2.31. The molecule has 1 fully saturated rings. The standard InChI is InChI=1S/C26H35N3O2/c1-25(2,17-30)15-28-14-22-12-21(10-11-23(22)24(28)31)20-8-6-19(7-9-20)13-29-18-27(5)16-26(29,3)4/h6-12,30H,13-18H2,1-5H3. The van der Waals surface area contributed by atoms with Crippen LogP contribution < -0.4 is 0 Å². The van der Waals surface area contributed by atoms with E-state index in [4.69, 9.17) is 0 Å². The summed E-state index contributed by atoms with van der Waals surface area (Å²) in [7, 11) is 2.18.